The monoisotopic (exact) mass is 451 g/mol. The topological polar surface area (TPSA) is 75.3 Å². The second-order valence-electron chi connectivity index (χ2n) is 7.20. The Bertz CT molecular complexity index is 994. The van der Waals surface area contributed by atoms with Gasteiger partial charge < -0.3 is 29.0 Å². The van der Waals surface area contributed by atoms with Gasteiger partial charge in [0.15, 0.2) is 13.6 Å². The van der Waals surface area contributed by atoms with E-state index in [0.717, 1.165) is 11.1 Å². The van der Waals surface area contributed by atoms with Gasteiger partial charge in [-0.1, -0.05) is 60.7 Å². The van der Waals surface area contributed by atoms with Crippen molar-refractivity contribution in [2.24, 2.45) is 0 Å². The van der Waals surface area contributed by atoms with Crippen LogP contribution in [0.2, 0.25) is 0 Å². The summed E-state index contributed by atoms with van der Waals surface area (Å²) in [6, 6.07) is 22.9. The van der Waals surface area contributed by atoms with Gasteiger partial charge in [-0.3, -0.25) is 4.79 Å². The fraction of sp³-hybridized carbons (Fsp3) is 0.269. The van der Waals surface area contributed by atoms with Crippen LogP contribution in [0.15, 0.2) is 72.8 Å². The molecule has 0 bridgehead atoms. The van der Waals surface area contributed by atoms with Crippen molar-refractivity contribution < 1.29 is 28.5 Å². The van der Waals surface area contributed by atoms with E-state index in [-0.39, 0.29) is 26.1 Å². The molecule has 0 atom stereocenters. The summed E-state index contributed by atoms with van der Waals surface area (Å²) in [5, 5.41) is 2.96. The summed E-state index contributed by atoms with van der Waals surface area (Å²) in [5.41, 5.74) is 3.04. The minimum atomic E-state index is -0.276. The number of carbonyl (C=O) groups is 1. The molecule has 33 heavy (non-hydrogen) atoms. The van der Waals surface area contributed by atoms with Crippen LogP contribution in [0, 0.1) is 0 Å². The quantitative estimate of drug-likeness (QED) is 0.391. The summed E-state index contributed by atoms with van der Waals surface area (Å²) < 4.78 is 27.3. The predicted octanol–water partition coefficient (Wildman–Crippen LogP) is 4.30. The maximum absolute atomic E-state index is 13.2. The zero-order valence-corrected chi connectivity index (χ0v) is 18.9. The maximum Gasteiger partial charge on any atom is 0.255 e. The highest BCUT2D eigenvalue weighted by Gasteiger charge is 2.20. The molecule has 7 heteroatoms. The van der Waals surface area contributed by atoms with Gasteiger partial charge in [-0.25, -0.2) is 0 Å². The number of methoxy groups -OCH3 is 2. The van der Waals surface area contributed by atoms with Crippen LogP contribution < -0.4 is 14.8 Å². The van der Waals surface area contributed by atoms with Crippen LogP contribution in [0.1, 0.15) is 27.0 Å². The smallest absolute Gasteiger partial charge is 0.255 e. The van der Waals surface area contributed by atoms with Crippen molar-refractivity contribution >= 4 is 5.91 Å². The molecule has 0 fully saturated rings. The molecule has 0 aromatic heterocycles. The minimum absolute atomic E-state index is 0.0169. The second kappa shape index (κ2) is 13.2. The molecule has 0 heterocycles. The lowest BCUT2D eigenvalue weighted by atomic mass is 10.0. The highest BCUT2D eigenvalue weighted by molar-refractivity contribution is 5.98. The van der Waals surface area contributed by atoms with Crippen molar-refractivity contribution in [1.82, 2.24) is 5.32 Å². The molecule has 0 radical (unpaired) electrons. The molecule has 1 amide bonds. The van der Waals surface area contributed by atoms with Crippen molar-refractivity contribution in [3.05, 3.63) is 95.1 Å². The summed E-state index contributed by atoms with van der Waals surface area (Å²) in [6.45, 7) is 1.03. The SMILES string of the molecule is COCOc1cc(COCc2ccccc2)c(C(=O)NCc2ccccc2)c(OCOC)c1. The lowest BCUT2D eigenvalue weighted by Gasteiger charge is -2.18. The van der Waals surface area contributed by atoms with Gasteiger partial charge in [-0.05, 0) is 22.8 Å². The van der Waals surface area contributed by atoms with E-state index in [2.05, 4.69) is 5.32 Å². The van der Waals surface area contributed by atoms with Crippen molar-refractivity contribution in [1.29, 1.82) is 0 Å². The van der Waals surface area contributed by atoms with Crippen LogP contribution in [0.5, 0.6) is 11.5 Å². The first kappa shape index (κ1) is 24.3. The van der Waals surface area contributed by atoms with Gasteiger partial charge in [-0.15, -0.1) is 0 Å². The van der Waals surface area contributed by atoms with Crippen LogP contribution in [0.3, 0.4) is 0 Å². The highest BCUT2D eigenvalue weighted by atomic mass is 16.7. The molecule has 3 aromatic carbocycles. The van der Waals surface area contributed by atoms with Crippen molar-refractivity contribution in [3.8, 4) is 11.5 Å². The van der Waals surface area contributed by atoms with E-state index in [4.69, 9.17) is 23.7 Å². The Kier molecular flexibility index (Phi) is 9.72. The number of hydrogen-bond donors (Lipinski definition) is 1. The number of carbonyl (C=O) groups excluding carboxylic acids is 1. The Morgan fingerprint density at radius 1 is 0.788 bits per heavy atom. The Balaban J connectivity index is 1.85. The number of nitrogens with one attached hydrogen (secondary N) is 1. The van der Waals surface area contributed by atoms with Crippen LogP contribution in [0.25, 0.3) is 0 Å². The van der Waals surface area contributed by atoms with E-state index in [9.17, 15) is 4.79 Å². The third kappa shape index (κ3) is 7.61. The van der Waals surface area contributed by atoms with Gasteiger partial charge in [0.05, 0.1) is 18.8 Å². The molecule has 0 aliphatic rings. The maximum atomic E-state index is 13.2. The summed E-state index contributed by atoms with van der Waals surface area (Å²) >= 11 is 0. The van der Waals surface area contributed by atoms with Crippen LogP contribution in [-0.2, 0) is 34.0 Å². The number of hydrogen-bond acceptors (Lipinski definition) is 6. The molecular weight excluding hydrogens is 422 g/mol. The number of ether oxygens (including phenoxy) is 5. The molecule has 0 aliphatic heterocycles. The first-order valence-electron chi connectivity index (χ1n) is 10.6. The molecule has 0 unspecified atom stereocenters. The van der Waals surface area contributed by atoms with Crippen molar-refractivity contribution in [2.75, 3.05) is 27.8 Å². The third-order valence-corrected chi connectivity index (χ3v) is 4.73. The Labute approximate surface area is 194 Å². The van der Waals surface area contributed by atoms with Gasteiger partial charge >= 0.3 is 0 Å². The Morgan fingerprint density at radius 3 is 2.09 bits per heavy atom. The summed E-state index contributed by atoms with van der Waals surface area (Å²) in [4.78, 5) is 13.2. The summed E-state index contributed by atoms with van der Waals surface area (Å²) in [5.74, 6) is 0.566. The second-order valence-corrected chi connectivity index (χ2v) is 7.20. The predicted molar refractivity (Wildman–Crippen MR) is 124 cm³/mol. The molecule has 3 rings (SSSR count). The first-order valence-corrected chi connectivity index (χ1v) is 10.6. The fourth-order valence-electron chi connectivity index (χ4n) is 3.18. The third-order valence-electron chi connectivity index (χ3n) is 4.73. The van der Waals surface area contributed by atoms with Crippen molar-refractivity contribution in [3.63, 3.8) is 0 Å². The fourth-order valence-corrected chi connectivity index (χ4v) is 3.18. The van der Waals surface area contributed by atoms with E-state index in [1.807, 2.05) is 60.7 Å². The molecule has 3 aromatic rings. The van der Waals surface area contributed by atoms with Crippen LogP contribution in [-0.4, -0.2) is 33.7 Å². The first-order chi connectivity index (χ1) is 16.2. The number of benzene rings is 3. The average molecular weight is 452 g/mol. The minimum Gasteiger partial charge on any atom is -0.467 e. The molecule has 7 nitrogen and oxygen atoms in total. The Hall–Kier alpha value is -3.39. The zero-order chi connectivity index (χ0) is 23.3. The largest absolute Gasteiger partial charge is 0.467 e. The normalized spacial score (nSPS) is 10.6. The van der Waals surface area contributed by atoms with E-state index in [1.54, 1.807) is 12.1 Å². The molecule has 1 N–H and O–H groups in total. The van der Waals surface area contributed by atoms with Crippen molar-refractivity contribution in [2.45, 2.75) is 19.8 Å². The molecule has 0 spiro atoms. The standard InChI is InChI=1S/C26H29NO6/c1-29-18-32-23-13-22(17-31-16-21-11-7-4-8-12-21)25(24(14-23)33-19-30-2)26(28)27-15-20-9-5-3-6-10-20/h3-14H,15-19H2,1-2H3,(H,27,28). The van der Waals surface area contributed by atoms with Gasteiger partial charge in [0, 0.05) is 26.8 Å². The zero-order valence-electron chi connectivity index (χ0n) is 18.9. The Morgan fingerprint density at radius 2 is 1.42 bits per heavy atom. The molecular formula is C26H29NO6. The van der Waals surface area contributed by atoms with Gasteiger partial charge in [-0.2, -0.15) is 0 Å². The van der Waals surface area contributed by atoms with E-state index < -0.39 is 0 Å². The highest BCUT2D eigenvalue weighted by Crippen LogP contribution is 2.30. The molecule has 0 saturated carbocycles. The summed E-state index contributed by atoms with van der Waals surface area (Å²) in [7, 11) is 3.06. The summed E-state index contributed by atoms with van der Waals surface area (Å²) in [6.07, 6.45) is 0. The van der Waals surface area contributed by atoms with Gasteiger partial charge in [0.1, 0.15) is 11.5 Å². The lowest BCUT2D eigenvalue weighted by Crippen LogP contribution is -2.25. The lowest BCUT2D eigenvalue weighted by molar-refractivity contribution is 0.0446. The number of rotatable bonds is 13. The average Bonchev–Trinajstić information content (AvgIpc) is 2.86. The molecule has 174 valence electrons. The van der Waals surface area contributed by atoms with E-state index >= 15 is 0 Å². The van der Waals surface area contributed by atoms with E-state index in [0.29, 0.717) is 35.8 Å². The number of amides is 1. The van der Waals surface area contributed by atoms with Crippen LogP contribution >= 0.6 is 0 Å². The van der Waals surface area contributed by atoms with Gasteiger partial charge in [0.2, 0.25) is 0 Å². The molecule has 0 aliphatic carbocycles. The molecule has 0 saturated heterocycles. The van der Waals surface area contributed by atoms with E-state index in [1.165, 1.54) is 14.2 Å². The van der Waals surface area contributed by atoms with Gasteiger partial charge in [0.25, 0.3) is 5.91 Å². The van der Waals surface area contributed by atoms with Crippen LogP contribution in [0.4, 0.5) is 0 Å².